The highest BCUT2D eigenvalue weighted by atomic mass is 15.1. The highest BCUT2D eigenvalue weighted by Crippen LogP contribution is 2.40. The second-order valence-electron chi connectivity index (χ2n) is 15.1. The Hall–Kier alpha value is -8.02. The van der Waals surface area contributed by atoms with Crippen LogP contribution in [0, 0.1) is 0 Å². The number of aromatic nitrogens is 5. The first-order valence-electron chi connectivity index (χ1n) is 20.0. The molecule has 4 aromatic heterocycles. The van der Waals surface area contributed by atoms with Crippen LogP contribution in [0.2, 0.25) is 0 Å². The van der Waals surface area contributed by atoms with Crippen LogP contribution in [0.25, 0.3) is 106 Å². The fraction of sp³-hybridized carbons (Fsp3) is 0. The van der Waals surface area contributed by atoms with Gasteiger partial charge in [0, 0.05) is 56.4 Å². The summed E-state index contributed by atoms with van der Waals surface area (Å²) in [5, 5.41) is 4.93. The van der Waals surface area contributed by atoms with E-state index in [9.17, 15) is 0 Å². The molecule has 0 atom stereocenters. The van der Waals surface area contributed by atoms with Gasteiger partial charge in [-0.05, 0) is 95.1 Å². The third-order valence-electron chi connectivity index (χ3n) is 11.7. The smallest absolute Gasteiger partial charge is 0.234 e. The molecule has 0 aliphatic heterocycles. The van der Waals surface area contributed by atoms with Crippen molar-refractivity contribution in [3.63, 3.8) is 0 Å². The van der Waals surface area contributed by atoms with Gasteiger partial charge in [-0.15, -0.1) is 0 Å². The van der Waals surface area contributed by atoms with E-state index in [2.05, 4.69) is 207 Å². The van der Waals surface area contributed by atoms with Gasteiger partial charge in [0.1, 0.15) is 0 Å². The van der Waals surface area contributed by atoms with Crippen LogP contribution in [0.5, 0.6) is 0 Å². The van der Waals surface area contributed by atoms with Crippen molar-refractivity contribution in [1.82, 2.24) is 23.5 Å². The van der Waals surface area contributed by atoms with E-state index in [0.29, 0.717) is 5.78 Å². The molecule has 0 bridgehead atoms. The first kappa shape index (κ1) is 33.2. The van der Waals surface area contributed by atoms with Gasteiger partial charge in [0.05, 0.1) is 33.5 Å². The van der Waals surface area contributed by atoms with E-state index < -0.39 is 0 Å². The summed E-state index contributed by atoms with van der Waals surface area (Å²) in [6.45, 7) is 0. The minimum atomic E-state index is 0.684. The first-order valence-corrected chi connectivity index (χ1v) is 20.0. The van der Waals surface area contributed by atoms with E-state index in [-0.39, 0.29) is 0 Å². The van der Waals surface area contributed by atoms with E-state index in [0.717, 1.165) is 45.0 Å². The molecule has 0 unspecified atom stereocenters. The molecule has 5 nitrogen and oxygen atoms in total. The molecular weight excluding hydrogens is 719 g/mol. The number of rotatable bonds is 6. The molecule has 0 radical (unpaired) electrons. The van der Waals surface area contributed by atoms with Crippen molar-refractivity contribution in [1.29, 1.82) is 0 Å². The molecule has 12 rings (SSSR count). The molecule has 59 heavy (non-hydrogen) atoms. The summed E-state index contributed by atoms with van der Waals surface area (Å²) in [5.74, 6) is 0.684. The van der Waals surface area contributed by atoms with Crippen molar-refractivity contribution in [3.8, 4) is 56.1 Å². The van der Waals surface area contributed by atoms with Crippen LogP contribution in [0.15, 0.2) is 213 Å². The van der Waals surface area contributed by atoms with Gasteiger partial charge in [0.25, 0.3) is 0 Å². The summed E-state index contributed by atoms with van der Waals surface area (Å²) >= 11 is 0. The average Bonchev–Trinajstić information content (AvgIpc) is 3.97. The molecule has 8 aromatic carbocycles. The monoisotopic (exact) mass is 753 g/mol. The topological polar surface area (TPSA) is 40.0 Å². The predicted molar refractivity (Wildman–Crippen MR) is 243 cm³/mol. The predicted octanol–water partition coefficient (Wildman–Crippen LogP) is 13.6. The summed E-state index contributed by atoms with van der Waals surface area (Å²) in [7, 11) is 0. The zero-order valence-corrected chi connectivity index (χ0v) is 31.9. The van der Waals surface area contributed by atoms with Crippen molar-refractivity contribution in [2.75, 3.05) is 0 Å². The maximum Gasteiger partial charge on any atom is 0.234 e. The van der Waals surface area contributed by atoms with Crippen molar-refractivity contribution in [3.05, 3.63) is 213 Å². The maximum absolute atomic E-state index is 5.00. The van der Waals surface area contributed by atoms with E-state index in [1.165, 1.54) is 54.7 Å². The molecule has 0 amide bonds. The van der Waals surface area contributed by atoms with Crippen molar-refractivity contribution in [2.45, 2.75) is 0 Å². The Kier molecular flexibility index (Phi) is 7.47. The van der Waals surface area contributed by atoms with E-state index in [1.807, 2.05) is 18.3 Å². The zero-order chi connectivity index (χ0) is 38.9. The Balaban J connectivity index is 0.994. The first-order chi connectivity index (χ1) is 29.3. The fourth-order valence-corrected chi connectivity index (χ4v) is 9.03. The molecule has 0 aliphatic carbocycles. The molecule has 4 heterocycles. The Morgan fingerprint density at radius 1 is 0.339 bits per heavy atom. The van der Waals surface area contributed by atoms with Crippen LogP contribution < -0.4 is 0 Å². The van der Waals surface area contributed by atoms with Crippen molar-refractivity contribution in [2.24, 2.45) is 0 Å². The molecule has 0 N–H and O–H groups in total. The highest BCUT2D eigenvalue weighted by Gasteiger charge is 2.19. The average molecular weight is 754 g/mol. The quantitative estimate of drug-likeness (QED) is 0.170. The lowest BCUT2D eigenvalue weighted by Gasteiger charge is -2.09. The molecule has 12 aromatic rings. The van der Waals surface area contributed by atoms with Gasteiger partial charge in [-0.3, -0.25) is 4.40 Å². The lowest BCUT2D eigenvalue weighted by Crippen LogP contribution is -1.93. The molecule has 0 saturated heterocycles. The number of hydrogen-bond acceptors (Lipinski definition) is 2. The second kappa shape index (κ2) is 13.3. The van der Waals surface area contributed by atoms with Gasteiger partial charge in [0.15, 0.2) is 0 Å². The Labute approximate surface area is 340 Å². The van der Waals surface area contributed by atoms with Crippen LogP contribution >= 0.6 is 0 Å². The molecule has 0 saturated carbocycles. The van der Waals surface area contributed by atoms with Gasteiger partial charge >= 0.3 is 0 Å². The largest absolute Gasteiger partial charge is 0.309 e. The highest BCUT2D eigenvalue weighted by molar-refractivity contribution is 6.13. The third kappa shape index (κ3) is 5.33. The van der Waals surface area contributed by atoms with Crippen LogP contribution in [-0.2, 0) is 0 Å². The Bertz CT molecular complexity index is 3520. The van der Waals surface area contributed by atoms with Gasteiger partial charge < -0.3 is 9.13 Å². The Morgan fingerprint density at radius 2 is 0.797 bits per heavy atom. The lowest BCUT2D eigenvalue weighted by molar-refractivity contribution is 1.11. The van der Waals surface area contributed by atoms with E-state index in [1.54, 1.807) is 6.20 Å². The summed E-state index contributed by atoms with van der Waals surface area (Å²) in [6, 6.07) is 72.0. The van der Waals surface area contributed by atoms with Gasteiger partial charge in [0.2, 0.25) is 5.78 Å². The molecular formula is C54H35N5. The van der Waals surface area contributed by atoms with E-state index >= 15 is 0 Å². The molecule has 5 heteroatoms. The van der Waals surface area contributed by atoms with Gasteiger partial charge in [-0.1, -0.05) is 127 Å². The van der Waals surface area contributed by atoms with Crippen molar-refractivity contribution < 1.29 is 0 Å². The molecule has 276 valence electrons. The minimum Gasteiger partial charge on any atom is -0.309 e. The Morgan fingerprint density at radius 3 is 1.39 bits per heavy atom. The summed E-state index contributed by atoms with van der Waals surface area (Å²) in [5.41, 5.74) is 15.9. The fourth-order valence-electron chi connectivity index (χ4n) is 9.03. The lowest BCUT2D eigenvalue weighted by atomic mass is 9.98. The number of nitrogens with zero attached hydrogens (tertiary/aromatic N) is 5. The number of fused-ring (bicyclic) bond motifs is 7. The number of benzene rings is 8. The van der Waals surface area contributed by atoms with E-state index in [4.69, 9.17) is 4.98 Å². The van der Waals surface area contributed by atoms with Crippen molar-refractivity contribution >= 4 is 49.4 Å². The SMILES string of the molecule is c1ccc(-c2c(-c3ccc(-c4ccc5c(c4)c4cc(-c6ccc7c(c6)c6ccccc6n7-c6ccccc6)ccc4n5-c4ccccc4)cc3)nc3ncccn23)cc1. The number of imidazole rings is 1. The van der Waals surface area contributed by atoms with Crippen LogP contribution in [-0.4, -0.2) is 23.5 Å². The van der Waals surface area contributed by atoms with Gasteiger partial charge in [-0.2, -0.15) is 0 Å². The molecule has 0 aliphatic rings. The minimum absolute atomic E-state index is 0.684. The molecule has 0 spiro atoms. The van der Waals surface area contributed by atoms with Crippen LogP contribution in [0.1, 0.15) is 0 Å². The third-order valence-corrected chi connectivity index (χ3v) is 11.7. The number of hydrogen-bond donors (Lipinski definition) is 0. The standard InChI is InChI=1S/C54H35N5/c1-4-13-38(14-5-1)53-52(56-54-55-31-12-32-57(53)54)37-23-21-36(22-24-37)39-25-28-50-46(33-39)47-35-41(27-30-51(47)59(50)43-17-8-3-9-18-43)40-26-29-49-45(34-40)44-19-10-11-20-48(44)58(49)42-15-6-2-7-16-42/h1-35H. The van der Waals surface area contributed by atoms with Crippen LogP contribution in [0.4, 0.5) is 0 Å². The number of para-hydroxylation sites is 3. The zero-order valence-electron chi connectivity index (χ0n) is 31.9. The van der Waals surface area contributed by atoms with Crippen LogP contribution in [0.3, 0.4) is 0 Å². The normalized spacial score (nSPS) is 11.7. The summed E-state index contributed by atoms with van der Waals surface area (Å²) in [4.78, 5) is 9.56. The van der Waals surface area contributed by atoms with Gasteiger partial charge in [-0.25, -0.2) is 9.97 Å². The molecule has 0 fully saturated rings. The second-order valence-corrected chi connectivity index (χ2v) is 15.1. The maximum atomic E-state index is 5.00. The summed E-state index contributed by atoms with van der Waals surface area (Å²) < 4.78 is 6.83. The summed E-state index contributed by atoms with van der Waals surface area (Å²) in [6.07, 6.45) is 3.83.